The second kappa shape index (κ2) is 9.58. The molecule has 2 aromatic rings. The van der Waals surface area contributed by atoms with E-state index in [1.165, 1.54) is 0 Å². The predicted molar refractivity (Wildman–Crippen MR) is 131 cm³/mol. The van der Waals surface area contributed by atoms with Crippen molar-refractivity contribution in [1.82, 2.24) is 15.5 Å². The van der Waals surface area contributed by atoms with Crippen LogP contribution in [-0.2, 0) is 9.59 Å². The van der Waals surface area contributed by atoms with Crippen LogP contribution in [0.25, 0.3) is 11.1 Å². The van der Waals surface area contributed by atoms with Gasteiger partial charge in [0.25, 0.3) is 5.91 Å². The first kappa shape index (κ1) is 23.2. The Labute approximate surface area is 204 Å². The lowest BCUT2D eigenvalue weighted by atomic mass is 9.95. The Morgan fingerprint density at radius 1 is 1.06 bits per heavy atom. The third kappa shape index (κ3) is 4.43. The zero-order chi connectivity index (χ0) is 24.5. The van der Waals surface area contributed by atoms with Crippen LogP contribution < -0.4 is 25.4 Å². The molecule has 5 rings (SSSR count). The zero-order valence-electron chi connectivity index (χ0n) is 19.9. The summed E-state index contributed by atoms with van der Waals surface area (Å²) in [7, 11) is 3.18. The maximum atomic E-state index is 13.6. The summed E-state index contributed by atoms with van der Waals surface area (Å²) in [5.74, 6) is 0.846. The van der Waals surface area contributed by atoms with E-state index in [1.807, 2.05) is 18.2 Å². The highest BCUT2D eigenvalue weighted by Crippen LogP contribution is 2.37. The lowest BCUT2D eigenvalue weighted by molar-refractivity contribution is -0.126. The molecule has 3 atom stereocenters. The van der Waals surface area contributed by atoms with Crippen molar-refractivity contribution < 1.29 is 23.9 Å². The largest absolute Gasteiger partial charge is 0.497 e. The fourth-order valence-corrected chi connectivity index (χ4v) is 5.20. The van der Waals surface area contributed by atoms with Crippen molar-refractivity contribution in [2.45, 2.75) is 43.8 Å². The minimum absolute atomic E-state index is 0.0253. The van der Waals surface area contributed by atoms with Crippen molar-refractivity contribution in [3.8, 4) is 22.6 Å². The number of hydrogen-bond acceptors (Lipinski definition) is 6. The quantitative estimate of drug-likeness (QED) is 0.608. The van der Waals surface area contributed by atoms with E-state index < -0.39 is 6.04 Å². The molecule has 0 aliphatic carbocycles. The van der Waals surface area contributed by atoms with Crippen molar-refractivity contribution in [2.24, 2.45) is 0 Å². The first-order valence-electron chi connectivity index (χ1n) is 12.0. The molecule has 2 aromatic carbocycles. The number of rotatable bonds is 5. The minimum Gasteiger partial charge on any atom is -0.497 e. The molecular formula is C26H30N4O5. The zero-order valence-corrected chi connectivity index (χ0v) is 19.9. The molecule has 3 N–H and O–H groups in total. The predicted octanol–water partition coefficient (Wildman–Crippen LogP) is 2.16. The molecule has 3 amide bonds. The third-order valence-electron chi connectivity index (χ3n) is 7.12. The smallest absolute Gasteiger partial charge is 0.256 e. The Bertz CT molecular complexity index is 1160. The summed E-state index contributed by atoms with van der Waals surface area (Å²) >= 11 is 0. The third-order valence-corrected chi connectivity index (χ3v) is 7.12. The Morgan fingerprint density at radius 3 is 2.66 bits per heavy atom. The van der Waals surface area contributed by atoms with Crippen molar-refractivity contribution in [1.29, 1.82) is 0 Å². The van der Waals surface area contributed by atoms with Gasteiger partial charge in [-0.3, -0.25) is 14.4 Å². The highest BCUT2D eigenvalue weighted by atomic mass is 16.5. The van der Waals surface area contributed by atoms with E-state index in [4.69, 9.17) is 9.47 Å². The number of ether oxygens (including phenoxy) is 2. The average molecular weight is 479 g/mol. The number of nitrogens with zero attached hydrogens (tertiary/aromatic N) is 1. The van der Waals surface area contributed by atoms with Gasteiger partial charge in [-0.25, -0.2) is 0 Å². The van der Waals surface area contributed by atoms with Gasteiger partial charge in [0.1, 0.15) is 17.5 Å². The monoisotopic (exact) mass is 478 g/mol. The van der Waals surface area contributed by atoms with E-state index in [0.717, 1.165) is 30.5 Å². The van der Waals surface area contributed by atoms with E-state index in [-0.39, 0.29) is 29.8 Å². The van der Waals surface area contributed by atoms with Crippen molar-refractivity contribution in [3.05, 3.63) is 42.0 Å². The highest BCUT2D eigenvalue weighted by molar-refractivity contribution is 6.10. The van der Waals surface area contributed by atoms with Crippen LogP contribution in [0.5, 0.6) is 11.5 Å². The number of amides is 3. The average Bonchev–Trinajstić information content (AvgIpc) is 3.40. The SMILES string of the molecule is COc1ccc(-c2ccc3c(c2)C(=O)N2CCC(NC(=O)C4CCCN4)CC2C(=O)N3)c(OC)c1. The van der Waals surface area contributed by atoms with Gasteiger partial charge >= 0.3 is 0 Å². The summed E-state index contributed by atoms with van der Waals surface area (Å²) in [5, 5.41) is 9.21. The van der Waals surface area contributed by atoms with Crippen molar-refractivity contribution in [3.63, 3.8) is 0 Å². The van der Waals surface area contributed by atoms with Crippen LogP contribution in [-0.4, -0.2) is 68.1 Å². The van der Waals surface area contributed by atoms with Crippen LogP contribution in [0.3, 0.4) is 0 Å². The molecular weight excluding hydrogens is 448 g/mol. The molecule has 0 radical (unpaired) electrons. The number of carbonyl (C=O) groups excluding carboxylic acids is 3. The topological polar surface area (TPSA) is 109 Å². The van der Waals surface area contributed by atoms with Crippen molar-refractivity contribution >= 4 is 23.4 Å². The normalized spacial score (nSPS) is 23.6. The molecule has 3 unspecified atom stereocenters. The Kier molecular flexibility index (Phi) is 6.34. The molecule has 35 heavy (non-hydrogen) atoms. The molecule has 0 aromatic heterocycles. The van der Waals surface area contributed by atoms with Crippen LogP contribution in [0, 0.1) is 0 Å². The van der Waals surface area contributed by atoms with Gasteiger partial charge in [0.2, 0.25) is 11.8 Å². The van der Waals surface area contributed by atoms with Gasteiger partial charge in [-0.2, -0.15) is 0 Å². The standard InChI is InChI=1S/C26H30N4O5/c1-34-17-6-7-18(23(14-17)35-2)15-5-8-20-19(12-15)26(33)30-11-9-16(13-22(30)25(32)29-20)28-24(31)21-4-3-10-27-21/h5-8,12,14,16,21-22,27H,3-4,9-11,13H2,1-2H3,(H,28,31)(H,29,32). The van der Waals surface area contributed by atoms with Crippen LogP contribution in [0.15, 0.2) is 36.4 Å². The maximum absolute atomic E-state index is 13.6. The lowest BCUT2D eigenvalue weighted by Gasteiger charge is -2.37. The van der Waals surface area contributed by atoms with Gasteiger partial charge < -0.3 is 30.3 Å². The lowest BCUT2D eigenvalue weighted by Crippen LogP contribution is -2.56. The number of nitrogens with one attached hydrogen (secondary N) is 3. The number of carbonyl (C=O) groups is 3. The summed E-state index contributed by atoms with van der Waals surface area (Å²) in [5.41, 5.74) is 2.55. The van der Waals surface area contributed by atoms with Crippen molar-refractivity contribution in [2.75, 3.05) is 32.6 Å². The molecule has 0 saturated carbocycles. The Morgan fingerprint density at radius 2 is 1.91 bits per heavy atom. The molecule has 2 saturated heterocycles. The number of anilines is 1. The van der Waals surface area contributed by atoms with Gasteiger partial charge in [-0.1, -0.05) is 6.07 Å². The van der Waals surface area contributed by atoms with E-state index >= 15 is 0 Å². The molecule has 9 heteroatoms. The first-order chi connectivity index (χ1) is 17.0. The van der Waals surface area contributed by atoms with E-state index in [0.29, 0.717) is 42.1 Å². The van der Waals surface area contributed by atoms with Gasteiger partial charge in [0, 0.05) is 24.2 Å². The van der Waals surface area contributed by atoms with Gasteiger partial charge in [-0.15, -0.1) is 0 Å². The molecule has 9 nitrogen and oxygen atoms in total. The maximum Gasteiger partial charge on any atom is 0.256 e. The van der Waals surface area contributed by atoms with Crippen LogP contribution >= 0.6 is 0 Å². The summed E-state index contributed by atoms with van der Waals surface area (Å²) in [6.07, 6.45) is 2.81. The molecule has 3 aliphatic heterocycles. The van der Waals surface area contributed by atoms with Crippen LogP contribution in [0.4, 0.5) is 5.69 Å². The number of piperidine rings is 1. The second-order valence-corrected chi connectivity index (χ2v) is 9.21. The minimum atomic E-state index is -0.635. The van der Waals surface area contributed by atoms with Crippen LogP contribution in [0.2, 0.25) is 0 Å². The highest BCUT2D eigenvalue weighted by Gasteiger charge is 2.40. The summed E-state index contributed by atoms with van der Waals surface area (Å²) in [4.78, 5) is 40.9. The van der Waals surface area contributed by atoms with E-state index in [1.54, 1.807) is 37.3 Å². The molecule has 3 aliphatic rings. The number of benzene rings is 2. The molecule has 2 fully saturated rings. The number of fused-ring (bicyclic) bond motifs is 2. The molecule has 3 heterocycles. The molecule has 184 valence electrons. The Hall–Kier alpha value is -3.59. The summed E-state index contributed by atoms with van der Waals surface area (Å²) < 4.78 is 10.8. The van der Waals surface area contributed by atoms with Gasteiger partial charge in [0.15, 0.2) is 0 Å². The first-order valence-corrected chi connectivity index (χ1v) is 12.0. The van der Waals surface area contributed by atoms with Gasteiger partial charge in [0.05, 0.1) is 31.5 Å². The van der Waals surface area contributed by atoms with Crippen LogP contribution in [0.1, 0.15) is 36.0 Å². The second-order valence-electron chi connectivity index (χ2n) is 9.21. The van der Waals surface area contributed by atoms with E-state index in [2.05, 4.69) is 16.0 Å². The molecule has 0 bridgehead atoms. The summed E-state index contributed by atoms with van der Waals surface area (Å²) in [6, 6.07) is 9.97. The summed E-state index contributed by atoms with van der Waals surface area (Å²) in [6.45, 7) is 1.24. The Balaban J connectivity index is 1.38. The molecule has 0 spiro atoms. The fraction of sp³-hybridized carbons (Fsp3) is 0.423. The number of methoxy groups -OCH3 is 2. The van der Waals surface area contributed by atoms with E-state index in [9.17, 15) is 14.4 Å². The number of hydrogen-bond donors (Lipinski definition) is 3. The van der Waals surface area contributed by atoms with Gasteiger partial charge in [-0.05, 0) is 62.1 Å². The fourth-order valence-electron chi connectivity index (χ4n) is 5.20.